The highest BCUT2D eigenvalue weighted by Crippen LogP contribution is 2.17. The normalized spacial score (nSPS) is 18.6. The van der Waals surface area contributed by atoms with Gasteiger partial charge in [0.2, 0.25) is 0 Å². The Kier molecular flexibility index (Phi) is 5.54. The zero-order valence-corrected chi connectivity index (χ0v) is 11.7. The molecule has 5 heteroatoms. The number of aliphatic hydroxyl groups excluding tert-OH is 1. The Morgan fingerprint density at radius 3 is 2.89 bits per heavy atom. The van der Waals surface area contributed by atoms with Crippen LogP contribution < -0.4 is 5.32 Å². The van der Waals surface area contributed by atoms with Crippen LogP contribution in [0.5, 0.6) is 0 Å². The van der Waals surface area contributed by atoms with Crippen LogP contribution in [-0.4, -0.2) is 48.0 Å². The molecule has 0 aliphatic carbocycles. The molecule has 19 heavy (non-hydrogen) atoms. The largest absolute Gasteiger partial charge is 0.396 e. The Labute approximate surface area is 118 Å². The topological polar surface area (TPSA) is 52.6 Å². The monoisotopic (exact) mass is 280 g/mol. The van der Waals surface area contributed by atoms with E-state index < -0.39 is 0 Å². The standard InChI is InChI=1S/C14H20N2O2S/c17-11-12-6-8-16(10-12)14(18)15-7-9-19-13-4-2-1-3-5-13/h1-5,12,17H,6-11H2,(H,15,18). The molecule has 1 aromatic rings. The van der Waals surface area contributed by atoms with Crippen LogP contribution >= 0.6 is 11.8 Å². The smallest absolute Gasteiger partial charge is 0.317 e. The quantitative estimate of drug-likeness (QED) is 0.639. The molecule has 1 heterocycles. The number of nitrogens with one attached hydrogen (secondary N) is 1. The molecule has 2 N–H and O–H groups in total. The van der Waals surface area contributed by atoms with Gasteiger partial charge in [-0.1, -0.05) is 18.2 Å². The van der Waals surface area contributed by atoms with Gasteiger partial charge in [-0.25, -0.2) is 4.79 Å². The fourth-order valence-electron chi connectivity index (χ4n) is 2.12. The highest BCUT2D eigenvalue weighted by Gasteiger charge is 2.25. The van der Waals surface area contributed by atoms with Gasteiger partial charge in [0, 0.05) is 42.8 Å². The maximum Gasteiger partial charge on any atom is 0.317 e. The summed E-state index contributed by atoms with van der Waals surface area (Å²) in [5, 5.41) is 12.0. The number of carbonyl (C=O) groups is 1. The third-order valence-electron chi connectivity index (χ3n) is 3.22. The lowest BCUT2D eigenvalue weighted by Gasteiger charge is -2.16. The molecule has 1 unspecified atom stereocenters. The van der Waals surface area contributed by atoms with E-state index in [4.69, 9.17) is 5.11 Å². The molecule has 1 saturated heterocycles. The van der Waals surface area contributed by atoms with Crippen LogP contribution in [0.2, 0.25) is 0 Å². The van der Waals surface area contributed by atoms with Gasteiger partial charge in [-0.05, 0) is 18.6 Å². The van der Waals surface area contributed by atoms with Gasteiger partial charge >= 0.3 is 6.03 Å². The number of aliphatic hydroxyl groups is 1. The van der Waals surface area contributed by atoms with Crippen LogP contribution in [0.4, 0.5) is 4.79 Å². The summed E-state index contributed by atoms with van der Waals surface area (Å²) in [6.07, 6.45) is 0.905. The second-order valence-electron chi connectivity index (χ2n) is 4.68. The maximum atomic E-state index is 11.8. The van der Waals surface area contributed by atoms with Crippen molar-refractivity contribution in [3.05, 3.63) is 30.3 Å². The molecule has 0 aromatic heterocycles. The molecule has 0 saturated carbocycles. The van der Waals surface area contributed by atoms with Gasteiger partial charge < -0.3 is 15.3 Å². The van der Waals surface area contributed by atoms with Crippen molar-refractivity contribution in [2.24, 2.45) is 5.92 Å². The summed E-state index contributed by atoms with van der Waals surface area (Å²) in [5.41, 5.74) is 0. The second-order valence-corrected chi connectivity index (χ2v) is 5.85. The van der Waals surface area contributed by atoms with E-state index in [0.29, 0.717) is 13.1 Å². The summed E-state index contributed by atoms with van der Waals surface area (Å²) in [6.45, 7) is 2.27. The molecular weight excluding hydrogens is 260 g/mol. The minimum Gasteiger partial charge on any atom is -0.396 e. The zero-order chi connectivity index (χ0) is 13.5. The van der Waals surface area contributed by atoms with Crippen molar-refractivity contribution in [2.45, 2.75) is 11.3 Å². The molecule has 0 spiro atoms. The molecule has 2 rings (SSSR count). The number of nitrogens with zero attached hydrogens (tertiary/aromatic N) is 1. The Morgan fingerprint density at radius 2 is 2.21 bits per heavy atom. The number of thioether (sulfide) groups is 1. The van der Waals surface area contributed by atoms with Gasteiger partial charge in [0.15, 0.2) is 0 Å². The summed E-state index contributed by atoms with van der Waals surface area (Å²) < 4.78 is 0. The number of likely N-dealkylation sites (tertiary alicyclic amines) is 1. The Morgan fingerprint density at radius 1 is 1.42 bits per heavy atom. The predicted molar refractivity (Wildman–Crippen MR) is 77.3 cm³/mol. The SMILES string of the molecule is O=C(NCCSc1ccccc1)N1CCC(CO)C1. The van der Waals surface area contributed by atoms with E-state index >= 15 is 0 Å². The van der Waals surface area contributed by atoms with E-state index in [1.807, 2.05) is 18.2 Å². The predicted octanol–water partition coefficient (Wildman–Crippen LogP) is 1.80. The highest BCUT2D eigenvalue weighted by atomic mass is 32.2. The maximum absolute atomic E-state index is 11.8. The lowest BCUT2D eigenvalue weighted by atomic mass is 10.1. The van der Waals surface area contributed by atoms with Crippen molar-refractivity contribution < 1.29 is 9.90 Å². The first-order valence-electron chi connectivity index (χ1n) is 6.61. The molecule has 0 bridgehead atoms. The van der Waals surface area contributed by atoms with Gasteiger partial charge in [-0.2, -0.15) is 0 Å². The molecule has 104 valence electrons. The molecule has 2 amide bonds. The molecule has 1 atom stereocenters. The highest BCUT2D eigenvalue weighted by molar-refractivity contribution is 7.99. The number of benzene rings is 1. The molecular formula is C14H20N2O2S. The first-order chi connectivity index (χ1) is 9.29. The summed E-state index contributed by atoms with van der Waals surface area (Å²) >= 11 is 1.74. The van der Waals surface area contributed by atoms with E-state index in [1.165, 1.54) is 4.90 Å². The lowest BCUT2D eigenvalue weighted by molar-refractivity contribution is 0.199. The summed E-state index contributed by atoms with van der Waals surface area (Å²) in [5.74, 6) is 1.12. The number of hydrogen-bond acceptors (Lipinski definition) is 3. The average molecular weight is 280 g/mol. The van der Waals surface area contributed by atoms with E-state index in [2.05, 4.69) is 17.4 Å². The summed E-state index contributed by atoms with van der Waals surface area (Å²) in [7, 11) is 0. The Hall–Kier alpha value is -1.20. The number of rotatable bonds is 5. The second kappa shape index (κ2) is 7.40. The van der Waals surface area contributed by atoms with Crippen molar-refractivity contribution in [3.8, 4) is 0 Å². The first kappa shape index (κ1) is 14.2. The van der Waals surface area contributed by atoms with Gasteiger partial charge in [-0.15, -0.1) is 11.8 Å². The van der Waals surface area contributed by atoms with Crippen LogP contribution in [0.3, 0.4) is 0 Å². The Balaban J connectivity index is 1.62. The van der Waals surface area contributed by atoms with E-state index in [1.54, 1.807) is 16.7 Å². The number of urea groups is 1. The van der Waals surface area contributed by atoms with Crippen molar-refractivity contribution in [3.63, 3.8) is 0 Å². The van der Waals surface area contributed by atoms with Gasteiger partial charge in [0.1, 0.15) is 0 Å². The van der Waals surface area contributed by atoms with Crippen LogP contribution in [0.25, 0.3) is 0 Å². The average Bonchev–Trinajstić information content (AvgIpc) is 2.93. The minimum atomic E-state index is -0.00962. The fourth-order valence-corrected chi connectivity index (χ4v) is 2.91. The third-order valence-corrected chi connectivity index (χ3v) is 4.24. The van der Waals surface area contributed by atoms with Gasteiger partial charge in [-0.3, -0.25) is 0 Å². The van der Waals surface area contributed by atoms with Crippen LogP contribution in [-0.2, 0) is 0 Å². The van der Waals surface area contributed by atoms with Crippen molar-refractivity contribution in [1.29, 1.82) is 0 Å². The van der Waals surface area contributed by atoms with Crippen LogP contribution in [0.15, 0.2) is 35.2 Å². The minimum absolute atomic E-state index is 0.00962. The fraction of sp³-hybridized carbons (Fsp3) is 0.500. The van der Waals surface area contributed by atoms with Gasteiger partial charge in [0.25, 0.3) is 0 Å². The third kappa shape index (κ3) is 4.44. The number of carbonyl (C=O) groups excluding carboxylic acids is 1. The molecule has 1 aliphatic heterocycles. The van der Waals surface area contributed by atoms with Crippen LogP contribution in [0.1, 0.15) is 6.42 Å². The number of amides is 2. The molecule has 1 fully saturated rings. The molecule has 0 radical (unpaired) electrons. The van der Waals surface area contributed by atoms with E-state index in [-0.39, 0.29) is 18.6 Å². The lowest BCUT2D eigenvalue weighted by Crippen LogP contribution is -2.39. The first-order valence-corrected chi connectivity index (χ1v) is 7.59. The van der Waals surface area contributed by atoms with E-state index in [9.17, 15) is 4.79 Å². The summed E-state index contributed by atoms with van der Waals surface area (Å²) in [4.78, 5) is 14.8. The summed E-state index contributed by atoms with van der Waals surface area (Å²) in [6, 6.07) is 10.2. The zero-order valence-electron chi connectivity index (χ0n) is 10.9. The van der Waals surface area contributed by atoms with E-state index in [0.717, 1.165) is 18.7 Å². The van der Waals surface area contributed by atoms with Gasteiger partial charge in [0.05, 0.1) is 0 Å². The molecule has 1 aromatic carbocycles. The molecule has 1 aliphatic rings. The number of hydrogen-bond donors (Lipinski definition) is 2. The van der Waals surface area contributed by atoms with Crippen molar-refractivity contribution >= 4 is 17.8 Å². The van der Waals surface area contributed by atoms with Crippen LogP contribution in [0, 0.1) is 5.92 Å². The van der Waals surface area contributed by atoms with Crippen molar-refractivity contribution in [2.75, 3.05) is 32.0 Å². The van der Waals surface area contributed by atoms with Crippen molar-refractivity contribution in [1.82, 2.24) is 10.2 Å². The Bertz CT molecular complexity index is 400. The molecule has 4 nitrogen and oxygen atoms in total.